The Morgan fingerprint density at radius 3 is 3.00 bits per heavy atom. The first kappa shape index (κ1) is 9.71. The van der Waals surface area contributed by atoms with Crippen LogP contribution < -0.4 is 5.32 Å². The highest BCUT2D eigenvalue weighted by atomic mass is 79.9. The summed E-state index contributed by atoms with van der Waals surface area (Å²) in [5, 5.41) is 3.35. The molecular formula is C11H13BrN2. The average molecular weight is 253 g/mol. The summed E-state index contributed by atoms with van der Waals surface area (Å²) in [6.07, 6.45) is 2.24. The molecule has 0 aliphatic carbocycles. The number of nitrogens with zero attached hydrogens (tertiary/aromatic N) is 1. The van der Waals surface area contributed by atoms with Crippen LogP contribution in [0.2, 0.25) is 0 Å². The first-order valence-electron chi connectivity index (χ1n) is 4.83. The van der Waals surface area contributed by atoms with E-state index in [1.165, 1.54) is 12.0 Å². The van der Waals surface area contributed by atoms with Crippen molar-refractivity contribution in [3.05, 3.63) is 28.2 Å². The number of hydrogen-bond donors (Lipinski definition) is 1. The second-order valence-corrected chi connectivity index (χ2v) is 4.29. The van der Waals surface area contributed by atoms with Crippen LogP contribution in [0.25, 0.3) is 0 Å². The van der Waals surface area contributed by atoms with E-state index < -0.39 is 0 Å². The third kappa shape index (κ3) is 1.98. The lowest BCUT2D eigenvalue weighted by atomic mass is 10.2. The van der Waals surface area contributed by atoms with Gasteiger partial charge < -0.3 is 5.32 Å². The van der Waals surface area contributed by atoms with Gasteiger partial charge in [-0.1, -0.05) is 12.1 Å². The van der Waals surface area contributed by atoms with Crippen LogP contribution in [0.15, 0.2) is 27.7 Å². The minimum Gasteiger partial charge on any atom is -0.343 e. The van der Waals surface area contributed by atoms with Crippen LogP contribution in [0, 0.1) is 6.92 Å². The standard InChI is InChI=1S/C11H13BrN2/c1-8-4-2-5-9(11(8)12)14-10-6-3-7-13-10/h2,4-5H,3,6-7H2,1H3,(H,13,14). The molecule has 0 atom stereocenters. The quantitative estimate of drug-likeness (QED) is 0.815. The van der Waals surface area contributed by atoms with Crippen LogP contribution in [0.3, 0.4) is 0 Å². The highest BCUT2D eigenvalue weighted by Gasteiger charge is 2.08. The summed E-state index contributed by atoms with van der Waals surface area (Å²) in [6, 6.07) is 6.21. The van der Waals surface area contributed by atoms with Gasteiger partial charge in [-0.3, -0.25) is 4.99 Å². The van der Waals surface area contributed by atoms with Crippen molar-refractivity contribution in [3.8, 4) is 0 Å². The molecule has 0 aromatic heterocycles. The van der Waals surface area contributed by atoms with Crippen molar-refractivity contribution in [1.29, 1.82) is 0 Å². The second-order valence-electron chi connectivity index (χ2n) is 3.49. The van der Waals surface area contributed by atoms with Crippen LogP contribution in [-0.2, 0) is 0 Å². The number of aryl methyl sites for hydroxylation is 1. The molecule has 0 fully saturated rings. The van der Waals surface area contributed by atoms with Gasteiger partial charge in [0.05, 0.1) is 5.69 Å². The first-order chi connectivity index (χ1) is 6.77. The predicted molar refractivity (Wildman–Crippen MR) is 64.0 cm³/mol. The largest absolute Gasteiger partial charge is 0.343 e. The fourth-order valence-electron chi connectivity index (χ4n) is 1.54. The molecule has 0 spiro atoms. The number of hydrogen-bond acceptors (Lipinski definition) is 2. The molecule has 0 radical (unpaired) electrons. The summed E-state index contributed by atoms with van der Waals surface area (Å²) in [6.45, 7) is 3.05. The molecule has 1 aliphatic heterocycles. The Hall–Kier alpha value is -0.830. The van der Waals surface area contributed by atoms with Gasteiger partial charge in [-0.25, -0.2) is 0 Å². The summed E-state index contributed by atoms with van der Waals surface area (Å²) in [5.41, 5.74) is 2.36. The maximum absolute atomic E-state index is 4.39. The molecule has 0 saturated heterocycles. The molecule has 1 N–H and O–H groups in total. The second kappa shape index (κ2) is 4.13. The van der Waals surface area contributed by atoms with Gasteiger partial charge in [0.15, 0.2) is 0 Å². The Bertz CT molecular complexity index is 372. The third-order valence-corrected chi connectivity index (χ3v) is 3.40. The molecule has 2 rings (SSSR count). The lowest BCUT2D eigenvalue weighted by molar-refractivity contribution is 0.951. The van der Waals surface area contributed by atoms with E-state index in [4.69, 9.17) is 0 Å². The zero-order valence-electron chi connectivity index (χ0n) is 8.18. The lowest BCUT2D eigenvalue weighted by Crippen LogP contribution is -2.08. The minimum atomic E-state index is 0.964. The van der Waals surface area contributed by atoms with Crippen LogP contribution in [0.1, 0.15) is 18.4 Å². The Labute approximate surface area is 92.6 Å². The van der Waals surface area contributed by atoms with Gasteiger partial charge in [0.1, 0.15) is 5.84 Å². The molecule has 74 valence electrons. The van der Waals surface area contributed by atoms with Crippen molar-refractivity contribution in [1.82, 2.24) is 0 Å². The van der Waals surface area contributed by atoms with Crippen molar-refractivity contribution in [3.63, 3.8) is 0 Å². The van der Waals surface area contributed by atoms with Crippen molar-refractivity contribution in [2.45, 2.75) is 19.8 Å². The van der Waals surface area contributed by atoms with Crippen molar-refractivity contribution in [2.24, 2.45) is 4.99 Å². The number of benzene rings is 1. The summed E-state index contributed by atoms with van der Waals surface area (Å²) in [4.78, 5) is 4.39. The molecule has 3 heteroatoms. The third-order valence-electron chi connectivity index (χ3n) is 2.35. The fraction of sp³-hybridized carbons (Fsp3) is 0.364. The van der Waals surface area contributed by atoms with E-state index in [0.29, 0.717) is 0 Å². The van der Waals surface area contributed by atoms with Gasteiger partial charge in [-0.15, -0.1) is 0 Å². The van der Waals surface area contributed by atoms with Gasteiger partial charge in [0.2, 0.25) is 0 Å². The molecule has 0 saturated carbocycles. The van der Waals surface area contributed by atoms with E-state index in [-0.39, 0.29) is 0 Å². The number of anilines is 1. The van der Waals surface area contributed by atoms with E-state index in [9.17, 15) is 0 Å². The summed E-state index contributed by atoms with van der Waals surface area (Å²) >= 11 is 3.57. The number of rotatable bonds is 1. The van der Waals surface area contributed by atoms with Gasteiger partial charge in [-0.05, 0) is 40.9 Å². The number of nitrogens with one attached hydrogen (secondary N) is 1. The van der Waals surface area contributed by atoms with Gasteiger partial charge in [0.25, 0.3) is 0 Å². The summed E-state index contributed by atoms with van der Waals surface area (Å²) in [7, 11) is 0. The molecule has 1 aromatic rings. The lowest BCUT2D eigenvalue weighted by Gasteiger charge is -2.09. The average Bonchev–Trinajstić information content (AvgIpc) is 2.66. The molecule has 2 nitrogen and oxygen atoms in total. The van der Waals surface area contributed by atoms with Gasteiger partial charge in [-0.2, -0.15) is 0 Å². The monoisotopic (exact) mass is 252 g/mol. The topological polar surface area (TPSA) is 24.4 Å². The minimum absolute atomic E-state index is 0.964. The van der Waals surface area contributed by atoms with E-state index >= 15 is 0 Å². The smallest absolute Gasteiger partial charge is 0.101 e. The Morgan fingerprint density at radius 1 is 1.43 bits per heavy atom. The Morgan fingerprint density at radius 2 is 2.29 bits per heavy atom. The number of aliphatic imine (C=N–C) groups is 1. The van der Waals surface area contributed by atoms with E-state index in [2.05, 4.69) is 51.4 Å². The highest BCUT2D eigenvalue weighted by Crippen LogP contribution is 2.26. The zero-order valence-corrected chi connectivity index (χ0v) is 9.76. The van der Waals surface area contributed by atoms with Crippen LogP contribution >= 0.6 is 15.9 Å². The summed E-state index contributed by atoms with van der Waals surface area (Å²) in [5.74, 6) is 1.11. The Balaban J connectivity index is 2.20. The molecule has 1 aliphatic rings. The van der Waals surface area contributed by atoms with E-state index in [0.717, 1.165) is 29.0 Å². The predicted octanol–water partition coefficient (Wildman–Crippen LogP) is 3.36. The molecule has 1 heterocycles. The van der Waals surface area contributed by atoms with Crippen LogP contribution in [0.4, 0.5) is 5.69 Å². The van der Waals surface area contributed by atoms with Gasteiger partial charge in [0, 0.05) is 17.4 Å². The zero-order chi connectivity index (χ0) is 9.97. The fourth-order valence-corrected chi connectivity index (χ4v) is 1.90. The molecule has 1 aromatic carbocycles. The van der Waals surface area contributed by atoms with E-state index in [1.54, 1.807) is 0 Å². The molecule has 14 heavy (non-hydrogen) atoms. The molecule has 0 bridgehead atoms. The molecular weight excluding hydrogens is 240 g/mol. The van der Waals surface area contributed by atoms with E-state index in [1.807, 2.05) is 0 Å². The SMILES string of the molecule is Cc1cccc(NC2=NCCC2)c1Br. The van der Waals surface area contributed by atoms with Crippen molar-refractivity contribution >= 4 is 27.5 Å². The normalized spacial score (nSPS) is 15.4. The Kier molecular flexibility index (Phi) is 2.87. The maximum atomic E-state index is 4.39. The summed E-state index contributed by atoms with van der Waals surface area (Å²) < 4.78 is 1.13. The first-order valence-corrected chi connectivity index (χ1v) is 5.62. The molecule has 0 amide bonds. The van der Waals surface area contributed by atoms with Gasteiger partial charge >= 0.3 is 0 Å². The van der Waals surface area contributed by atoms with Crippen LogP contribution in [0.5, 0.6) is 0 Å². The van der Waals surface area contributed by atoms with Crippen LogP contribution in [-0.4, -0.2) is 12.4 Å². The maximum Gasteiger partial charge on any atom is 0.101 e. The molecule has 0 unspecified atom stereocenters. The highest BCUT2D eigenvalue weighted by molar-refractivity contribution is 9.10. The van der Waals surface area contributed by atoms with Crippen molar-refractivity contribution < 1.29 is 0 Å². The number of halogens is 1. The van der Waals surface area contributed by atoms with Crippen molar-refractivity contribution in [2.75, 3.05) is 11.9 Å². The number of amidine groups is 1.